The van der Waals surface area contributed by atoms with Crippen LogP contribution in [0.3, 0.4) is 0 Å². The first-order valence-corrected chi connectivity index (χ1v) is 10.1. The number of hydrazine groups is 1. The Kier molecular flexibility index (Phi) is 7.49. The number of aliphatic carboxylic acids is 1. The lowest BCUT2D eigenvalue weighted by Gasteiger charge is -2.45. The molecule has 1 aliphatic rings. The third kappa shape index (κ3) is 5.12. The summed E-state index contributed by atoms with van der Waals surface area (Å²) in [5, 5.41) is 10.3. The molecule has 0 aliphatic carbocycles. The second kappa shape index (κ2) is 9.49. The van der Waals surface area contributed by atoms with E-state index in [-0.39, 0.29) is 28.4 Å². The van der Waals surface area contributed by atoms with Crippen molar-refractivity contribution in [3.63, 3.8) is 0 Å². The van der Waals surface area contributed by atoms with Crippen molar-refractivity contribution in [3.8, 4) is 0 Å². The molecule has 0 spiro atoms. The summed E-state index contributed by atoms with van der Waals surface area (Å²) in [6.07, 6.45) is 3.60. The quantitative estimate of drug-likeness (QED) is 0.254. The standard InChI is InChI=1S/C22H33N3O5/c1-5-22(11-10-17(26)29-4)13-12-21(2,14-30-22)16-8-6-15(7-9-16)18(23)19(20(27)28)25(3)24/h6-9H,5,10-14,23-24H2,1-4H3,(H,27,28)/b19-18-. The molecule has 0 saturated carbocycles. The Bertz CT molecular complexity index is 793. The number of rotatable bonds is 8. The van der Waals surface area contributed by atoms with Gasteiger partial charge in [-0.15, -0.1) is 0 Å². The van der Waals surface area contributed by atoms with E-state index in [0.29, 0.717) is 25.0 Å². The molecule has 1 aliphatic heterocycles. The molecule has 0 bridgehead atoms. The summed E-state index contributed by atoms with van der Waals surface area (Å²) in [4.78, 5) is 23.0. The number of hydrogen-bond acceptors (Lipinski definition) is 7. The van der Waals surface area contributed by atoms with Crippen LogP contribution in [-0.2, 0) is 24.5 Å². The highest BCUT2D eigenvalue weighted by Gasteiger charge is 2.41. The van der Waals surface area contributed by atoms with E-state index in [1.165, 1.54) is 14.2 Å². The zero-order valence-electron chi connectivity index (χ0n) is 18.2. The molecule has 1 aromatic rings. The lowest BCUT2D eigenvalue weighted by atomic mass is 9.72. The third-order valence-electron chi connectivity index (χ3n) is 6.19. The van der Waals surface area contributed by atoms with E-state index in [1.54, 1.807) is 12.1 Å². The van der Waals surface area contributed by atoms with Crippen LogP contribution < -0.4 is 11.6 Å². The van der Waals surface area contributed by atoms with Gasteiger partial charge in [0.1, 0.15) is 0 Å². The second-order valence-corrected chi connectivity index (χ2v) is 8.22. The number of ether oxygens (including phenoxy) is 2. The first kappa shape index (κ1) is 23.7. The number of benzene rings is 1. The van der Waals surface area contributed by atoms with Gasteiger partial charge in [-0.05, 0) is 36.8 Å². The Labute approximate surface area is 177 Å². The molecular weight excluding hydrogens is 386 g/mol. The maximum absolute atomic E-state index is 11.5. The molecule has 2 atom stereocenters. The van der Waals surface area contributed by atoms with Gasteiger partial charge in [0.2, 0.25) is 0 Å². The van der Waals surface area contributed by atoms with Crippen molar-refractivity contribution >= 4 is 17.6 Å². The van der Waals surface area contributed by atoms with Crippen molar-refractivity contribution < 1.29 is 24.2 Å². The highest BCUT2D eigenvalue weighted by molar-refractivity contribution is 5.94. The van der Waals surface area contributed by atoms with Gasteiger partial charge in [0, 0.05) is 18.9 Å². The van der Waals surface area contributed by atoms with Crippen LogP contribution in [0.15, 0.2) is 30.0 Å². The molecule has 1 saturated heterocycles. The van der Waals surface area contributed by atoms with Crippen LogP contribution in [0.25, 0.3) is 5.70 Å². The van der Waals surface area contributed by atoms with Crippen molar-refractivity contribution in [1.29, 1.82) is 0 Å². The van der Waals surface area contributed by atoms with Gasteiger partial charge < -0.3 is 25.3 Å². The van der Waals surface area contributed by atoms with Crippen LogP contribution in [0, 0.1) is 0 Å². The van der Waals surface area contributed by atoms with Crippen molar-refractivity contribution in [1.82, 2.24) is 5.01 Å². The predicted molar refractivity (Wildman–Crippen MR) is 114 cm³/mol. The second-order valence-electron chi connectivity index (χ2n) is 8.22. The van der Waals surface area contributed by atoms with Gasteiger partial charge in [-0.2, -0.15) is 0 Å². The van der Waals surface area contributed by atoms with E-state index in [9.17, 15) is 14.7 Å². The highest BCUT2D eigenvalue weighted by Crippen LogP contribution is 2.42. The summed E-state index contributed by atoms with van der Waals surface area (Å²) in [7, 11) is 2.83. The predicted octanol–water partition coefficient (Wildman–Crippen LogP) is 2.37. The van der Waals surface area contributed by atoms with Crippen LogP contribution in [0.2, 0.25) is 0 Å². The zero-order chi connectivity index (χ0) is 22.5. The molecule has 8 heteroatoms. The fourth-order valence-electron chi connectivity index (χ4n) is 3.92. The summed E-state index contributed by atoms with van der Waals surface area (Å²) in [6.45, 7) is 4.77. The SMILES string of the molecule is CCC1(CCC(=O)OC)CCC(C)(c2ccc(/C(N)=C(\C(=O)O)N(C)N)cc2)CO1. The Morgan fingerprint density at radius 3 is 2.33 bits per heavy atom. The smallest absolute Gasteiger partial charge is 0.355 e. The molecule has 30 heavy (non-hydrogen) atoms. The average Bonchev–Trinajstić information content (AvgIpc) is 2.73. The Morgan fingerprint density at radius 2 is 1.90 bits per heavy atom. The number of hydrogen-bond donors (Lipinski definition) is 3. The van der Waals surface area contributed by atoms with E-state index in [1.807, 2.05) is 12.1 Å². The fourth-order valence-corrected chi connectivity index (χ4v) is 3.92. The van der Waals surface area contributed by atoms with Crippen LogP contribution in [0.5, 0.6) is 0 Å². The van der Waals surface area contributed by atoms with Gasteiger partial charge in [-0.3, -0.25) is 4.79 Å². The third-order valence-corrected chi connectivity index (χ3v) is 6.19. The lowest BCUT2D eigenvalue weighted by Crippen LogP contribution is -2.45. The Hall–Kier alpha value is -2.58. The number of likely N-dealkylation sites (N-methyl/N-ethyl adjacent to an activating group) is 1. The van der Waals surface area contributed by atoms with E-state index in [4.69, 9.17) is 21.1 Å². The van der Waals surface area contributed by atoms with Gasteiger partial charge in [0.25, 0.3) is 0 Å². The molecule has 2 unspecified atom stereocenters. The van der Waals surface area contributed by atoms with Gasteiger partial charge in [-0.25, -0.2) is 10.6 Å². The first-order valence-electron chi connectivity index (χ1n) is 10.1. The molecule has 166 valence electrons. The number of carboxylic acids is 1. The average molecular weight is 420 g/mol. The van der Waals surface area contributed by atoms with E-state index < -0.39 is 5.97 Å². The molecule has 0 radical (unpaired) electrons. The zero-order valence-corrected chi connectivity index (χ0v) is 18.2. The molecule has 2 rings (SSSR count). The van der Waals surface area contributed by atoms with E-state index >= 15 is 0 Å². The maximum atomic E-state index is 11.5. The van der Waals surface area contributed by atoms with Crippen LogP contribution in [-0.4, -0.2) is 48.4 Å². The molecule has 0 aromatic heterocycles. The molecule has 8 nitrogen and oxygen atoms in total. The number of carbonyl (C=O) groups excluding carboxylic acids is 1. The van der Waals surface area contributed by atoms with Gasteiger partial charge in [-0.1, -0.05) is 38.1 Å². The Morgan fingerprint density at radius 1 is 1.27 bits per heavy atom. The largest absolute Gasteiger partial charge is 0.476 e. The minimum absolute atomic E-state index is 0.108. The van der Waals surface area contributed by atoms with Crippen molar-refractivity contribution in [2.24, 2.45) is 11.6 Å². The summed E-state index contributed by atoms with van der Waals surface area (Å²) in [5.41, 5.74) is 7.19. The molecule has 1 heterocycles. The van der Waals surface area contributed by atoms with Gasteiger partial charge >= 0.3 is 11.9 Å². The molecular formula is C22H33N3O5. The van der Waals surface area contributed by atoms with Crippen LogP contribution in [0.1, 0.15) is 57.1 Å². The molecule has 1 aromatic carbocycles. The number of methoxy groups -OCH3 is 1. The van der Waals surface area contributed by atoms with Gasteiger partial charge in [0.15, 0.2) is 5.70 Å². The summed E-state index contributed by atoms with van der Waals surface area (Å²) >= 11 is 0. The van der Waals surface area contributed by atoms with E-state index in [0.717, 1.165) is 29.8 Å². The van der Waals surface area contributed by atoms with Crippen molar-refractivity contribution in [3.05, 3.63) is 41.1 Å². The Balaban J connectivity index is 2.16. The normalized spacial score (nSPS) is 24.7. The summed E-state index contributed by atoms with van der Waals surface area (Å²) in [6, 6.07) is 7.52. The highest BCUT2D eigenvalue weighted by atomic mass is 16.5. The molecule has 0 amide bonds. The summed E-state index contributed by atoms with van der Waals surface area (Å²) < 4.78 is 11.1. The maximum Gasteiger partial charge on any atom is 0.355 e. The lowest BCUT2D eigenvalue weighted by molar-refractivity contribution is -0.146. The van der Waals surface area contributed by atoms with Gasteiger partial charge in [0.05, 0.1) is 25.0 Å². The number of carbonyl (C=O) groups is 2. The number of carboxylic acid groups (broad SMARTS) is 1. The molecule has 5 N–H and O–H groups in total. The first-order chi connectivity index (χ1) is 14.1. The van der Waals surface area contributed by atoms with Crippen LogP contribution in [0.4, 0.5) is 0 Å². The minimum Gasteiger partial charge on any atom is -0.476 e. The number of nitrogens with zero attached hydrogens (tertiary/aromatic N) is 1. The monoisotopic (exact) mass is 419 g/mol. The fraction of sp³-hybridized carbons (Fsp3) is 0.545. The summed E-state index contributed by atoms with van der Waals surface area (Å²) in [5.74, 6) is 4.20. The van der Waals surface area contributed by atoms with Crippen molar-refractivity contribution in [2.45, 2.75) is 57.0 Å². The topological polar surface area (TPSA) is 128 Å². The number of esters is 1. The number of nitrogens with two attached hydrogens (primary N) is 2. The van der Waals surface area contributed by atoms with Crippen LogP contribution >= 0.6 is 0 Å². The van der Waals surface area contributed by atoms with Crippen molar-refractivity contribution in [2.75, 3.05) is 20.8 Å². The minimum atomic E-state index is -1.18. The van der Waals surface area contributed by atoms with E-state index in [2.05, 4.69) is 13.8 Å². The molecule has 1 fully saturated rings.